The number of aromatic nitrogens is 1. The lowest BCUT2D eigenvalue weighted by atomic mass is 10.1. The summed E-state index contributed by atoms with van der Waals surface area (Å²) in [6, 6.07) is 8.07. The third-order valence-electron chi connectivity index (χ3n) is 2.36. The van der Waals surface area contributed by atoms with E-state index in [0.717, 1.165) is 16.6 Å². The molecule has 2 rings (SSSR count). The summed E-state index contributed by atoms with van der Waals surface area (Å²) in [6.45, 7) is 2.15. The van der Waals surface area contributed by atoms with Gasteiger partial charge in [-0.25, -0.2) is 9.78 Å². The van der Waals surface area contributed by atoms with Crippen LogP contribution in [-0.2, 0) is 10.1 Å². The van der Waals surface area contributed by atoms with Gasteiger partial charge in [0, 0.05) is 16.3 Å². The number of carbonyl (C=O) groups excluding carboxylic acids is 1. The Bertz CT molecular complexity index is 536. The predicted molar refractivity (Wildman–Crippen MR) is 76.1 cm³/mol. The number of esters is 1. The minimum Gasteiger partial charge on any atom is -0.461 e. The van der Waals surface area contributed by atoms with Crippen molar-refractivity contribution in [3.05, 3.63) is 40.2 Å². The van der Waals surface area contributed by atoms with Crippen molar-refractivity contribution in [2.24, 2.45) is 0 Å². The highest BCUT2D eigenvalue weighted by Crippen LogP contribution is 2.23. The zero-order chi connectivity index (χ0) is 13.0. The first-order chi connectivity index (χ1) is 8.74. The molecule has 18 heavy (non-hydrogen) atoms. The average molecular weight is 326 g/mol. The van der Waals surface area contributed by atoms with Gasteiger partial charge >= 0.3 is 5.97 Å². The summed E-state index contributed by atoms with van der Waals surface area (Å²) in [5.74, 6) is -0.356. The summed E-state index contributed by atoms with van der Waals surface area (Å²) in [5.41, 5.74) is 3.02. The highest BCUT2D eigenvalue weighted by Gasteiger charge is 2.12. The number of ether oxygens (including phenoxy) is 1. The van der Waals surface area contributed by atoms with Gasteiger partial charge in [-0.1, -0.05) is 40.2 Å². The van der Waals surface area contributed by atoms with Crippen LogP contribution in [0.5, 0.6) is 0 Å². The Hall–Kier alpha value is -1.20. The Morgan fingerprint density at radius 3 is 2.72 bits per heavy atom. The maximum absolute atomic E-state index is 11.5. The van der Waals surface area contributed by atoms with Crippen LogP contribution in [-0.4, -0.2) is 17.6 Å². The fraction of sp³-hybridized carbons (Fsp3) is 0.231. The van der Waals surface area contributed by atoms with Crippen molar-refractivity contribution in [2.45, 2.75) is 12.3 Å². The Kier molecular flexibility index (Phi) is 4.49. The van der Waals surface area contributed by atoms with Gasteiger partial charge in [-0.15, -0.1) is 11.3 Å². The minimum absolute atomic E-state index is 0.356. The number of alkyl halides is 1. The van der Waals surface area contributed by atoms with Crippen molar-refractivity contribution in [2.75, 3.05) is 6.61 Å². The van der Waals surface area contributed by atoms with Crippen molar-refractivity contribution >= 4 is 33.2 Å². The largest absolute Gasteiger partial charge is 0.461 e. The van der Waals surface area contributed by atoms with Gasteiger partial charge in [-0.2, -0.15) is 0 Å². The highest BCUT2D eigenvalue weighted by atomic mass is 79.9. The normalized spacial score (nSPS) is 10.3. The molecule has 0 radical (unpaired) electrons. The molecule has 1 aromatic carbocycles. The van der Waals surface area contributed by atoms with E-state index in [0.29, 0.717) is 11.6 Å². The van der Waals surface area contributed by atoms with Crippen LogP contribution < -0.4 is 0 Å². The molecule has 0 atom stereocenters. The van der Waals surface area contributed by atoms with E-state index in [4.69, 9.17) is 4.74 Å². The fourth-order valence-corrected chi connectivity index (χ4v) is 2.55. The third-order valence-corrected chi connectivity index (χ3v) is 3.83. The molecule has 0 N–H and O–H groups in total. The van der Waals surface area contributed by atoms with Gasteiger partial charge in [0.25, 0.3) is 0 Å². The molecule has 0 fully saturated rings. The van der Waals surface area contributed by atoms with E-state index in [-0.39, 0.29) is 5.97 Å². The van der Waals surface area contributed by atoms with Crippen molar-refractivity contribution < 1.29 is 9.53 Å². The van der Waals surface area contributed by atoms with E-state index in [1.165, 1.54) is 16.9 Å². The lowest BCUT2D eigenvalue weighted by molar-refractivity contribution is 0.0526. The Labute approximate surface area is 118 Å². The highest BCUT2D eigenvalue weighted by molar-refractivity contribution is 9.08. The number of nitrogens with zero attached hydrogens (tertiary/aromatic N) is 1. The molecule has 1 heterocycles. The monoisotopic (exact) mass is 325 g/mol. The first-order valence-corrected chi connectivity index (χ1v) is 7.52. The van der Waals surface area contributed by atoms with Crippen molar-refractivity contribution in [3.63, 3.8) is 0 Å². The molecule has 0 saturated heterocycles. The number of thiazole rings is 1. The third kappa shape index (κ3) is 2.97. The van der Waals surface area contributed by atoms with Gasteiger partial charge in [0.05, 0.1) is 12.3 Å². The van der Waals surface area contributed by atoms with Crippen LogP contribution in [0.25, 0.3) is 11.3 Å². The van der Waals surface area contributed by atoms with Crippen LogP contribution in [0.1, 0.15) is 22.3 Å². The maximum Gasteiger partial charge on any atom is 0.367 e. The summed E-state index contributed by atoms with van der Waals surface area (Å²) >= 11 is 4.71. The topological polar surface area (TPSA) is 39.2 Å². The van der Waals surface area contributed by atoms with Crippen LogP contribution in [0.4, 0.5) is 0 Å². The van der Waals surface area contributed by atoms with Gasteiger partial charge in [0.2, 0.25) is 5.01 Å². The van der Waals surface area contributed by atoms with Crippen LogP contribution in [0, 0.1) is 0 Å². The second-order valence-corrected chi connectivity index (χ2v) is 5.01. The molecule has 1 aromatic heterocycles. The summed E-state index contributed by atoms with van der Waals surface area (Å²) in [4.78, 5) is 15.8. The summed E-state index contributed by atoms with van der Waals surface area (Å²) in [7, 11) is 0. The first kappa shape index (κ1) is 13.2. The van der Waals surface area contributed by atoms with E-state index in [1.807, 2.05) is 29.6 Å². The summed E-state index contributed by atoms with van der Waals surface area (Å²) in [6.07, 6.45) is 0. The zero-order valence-corrected chi connectivity index (χ0v) is 12.3. The molecule has 0 unspecified atom stereocenters. The Balaban J connectivity index is 2.20. The van der Waals surface area contributed by atoms with Crippen LogP contribution in [0.2, 0.25) is 0 Å². The van der Waals surface area contributed by atoms with Gasteiger partial charge in [-0.3, -0.25) is 0 Å². The fourth-order valence-electron chi connectivity index (χ4n) is 1.46. The Morgan fingerprint density at radius 1 is 1.39 bits per heavy atom. The molecule has 0 spiro atoms. The molecule has 0 aliphatic carbocycles. The second-order valence-electron chi connectivity index (χ2n) is 3.59. The quantitative estimate of drug-likeness (QED) is 0.632. The molecule has 0 amide bonds. The minimum atomic E-state index is -0.356. The average Bonchev–Trinajstić information content (AvgIpc) is 2.89. The molecule has 5 heteroatoms. The summed E-state index contributed by atoms with van der Waals surface area (Å²) < 4.78 is 4.92. The lowest BCUT2D eigenvalue weighted by Crippen LogP contribution is -2.03. The molecular weight excluding hydrogens is 314 g/mol. The molecular formula is C13H12BrNO2S. The van der Waals surface area contributed by atoms with E-state index in [9.17, 15) is 4.79 Å². The van der Waals surface area contributed by atoms with E-state index >= 15 is 0 Å². The SMILES string of the molecule is CCOC(=O)c1nc(-c2ccc(CBr)cc2)cs1. The zero-order valence-electron chi connectivity index (χ0n) is 9.85. The first-order valence-electron chi connectivity index (χ1n) is 5.52. The predicted octanol–water partition coefficient (Wildman–Crippen LogP) is 3.88. The van der Waals surface area contributed by atoms with Gasteiger partial charge in [0.15, 0.2) is 0 Å². The van der Waals surface area contributed by atoms with Crippen LogP contribution in [0.15, 0.2) is 29.6 Å². The van der Waals surface area contributed by atoms with Crippen molar-refractivity contribution in [1.82, 2.24) is 4.98 Å². The van der Waals surface area contributed by atoms with Crippen LogP contribution >= 0.6 is 27.3 Å². The smallest absolute Gasteiger partial charge is 0.367 e. The van der Waals surface area contributed by atoms with Crippen molar-refractivity contribution in [3.8, 4) is 11.3 Å². The number of hydrogen-bond acceptors (Lipinski definition) is 4. The van der Waals surface area contributed by atoms with E-state index in [1.54, 1.807) is 6.92 Å². The molecule has 0 saturated carbocycles. The van der Waals surface area contributed by atoms with E-state index in [2.05, 4.69) is 20.9 Å². The number of benzene rings is 1. The van der Waals surface area contributed by atoms with E-state index < -0.39 is 0 Å². The lowest BCUT2D eigenvalue weighted by Gasteiger charge is -1.99. The van der Waals surface area contributed by atoms with Gasteiger partial charge in [-0.05, 0) is 12.5 Å². The Morgan fingerprint density at radius 2 is 2.11 bits per heavy atom. The molecule has 2 aromatic rings. The number of carbonyl (C=O) groups is 1. The number of hydrogen-bond donors (Lipinski definition) is 0. The maximum atomic E-state index is 11.5. The number of rotatable bonds is 4. The van der Waals surface area contributed by atoms with Crippen molar-refractivity contribution in [1.29, 1.82) is 0 Å². The molecule has 3 nitrogen and oxygen atoms in total. The van der Waals surface area contributed by atoms with Gasteiger partial charge in [0.1, 0.15) is 0 Å². The summed E-state index contributed by atoms with van der Waals surface area (Å²) in [5, 5.41) is 3.10. The standard InChI is InChI=1S/C13H12BrNO2S/c1-2-17-13(16)12-15-11(8-18-12)10-5-3-9(7-14)4-6-10/h3-6,8H,2,7H2,1H3. The molecule has 94 valence electrons. The second kappa shape index (κ2) is 6.11. The van der Waals surface area contributed by atoms with Gasteiger partial charge < -0.3 is 4.74 Å². The van der Waals surface area contributed by atoms with Crippen LogP contribution in [0.3, 0.4) is 0 Å². The number of halogens is 1. The molecule has 0 bridgehead atoms. The molecule has 0 aliphatic rings. The molecule has 0 aliphatic heterocycles.